The minimum absolute atomic E-state index is 0.167. The predicted octanol–water partition coefficient (Wildman–Crippen LogP) is 2.02. The van der Waals surface area contributed by atoms with E-state index in [1.54, 1.807) is 31.5 Å². The lowest BCUT2D eigenvalue weighted by Gasteiger charge is -2.36. The number of aromatic nitrogens is 2. The van der Waals surface area contributed by atoms with Crippen LogP contribution in [-0.4, -0.2) is 41.1 Å². The Morgan fingerprint density at radius 3 is 2.32 bits per heavy atom. The molecular formula is C15H17N5O2. The third-order valence-electron chi connectivity index (χ3n) is 3.86. The van der Waals surface area contributed by atoms with Crippen LogP contribution in [0.15, 0.2) is 36.7 Å². The topological polar surface area (TPSA) is 75.4 Å². The Kier molecular flexibility index (Phi) is 3.86. The molecule has 7 heteroatoms. The van der Waals surface area contributed by atoms with Gasteiger partial charge in [-0.1, -0.05) is 0 Å². The second kappa shape index (κ2) is 5.97. The van der Waals surface area contributed by atoms with Gasteiger partial charge in [0, 0.05) is 55.9 Å². The molecule has 0 atom stereocenters. The van der Waals surface area contributed by atoms with Crippen molar-refractivity contribution in [3.05, 3.63) is 52.3 Å². The van der Waals surface area contributed by atoms with E-state index in [0.717, 1.165) is 37.8 Å². The fourth-order valence-corrected chi connectivity index (χ4v) is 2.66. The lowest BCUT2D eigenvalue weighted by molar-refractivity contribution is -0.385. The second-order valence-corrected chi connectivity index (χ2v) is 5.25. The molecular weight excluding hydrogens is 282 g/mol. The summed E-state index contributed by atoms with van der Waals surface area (Å²) < 4.78 is 0. The third kappa shape index (κ3) is 2.83. The summed E-state index contributed by atoms with van der Waals surface area (Å²) in [7, 11) is 0. The summed E-state index contributed by atoms with van der Waals surface area (Å²) in [5.74, 6) is 0.752. The molecule has 1 aromatic heterocycles. The van der Waals surface area contributed by atoms with Crippen molar-refractivity contribution in [1.29, 1.82) is 0 Å². The molecule has 1 aromatic carbocycles. The first kappa shape index (κ1) is 14.2. The summed E-state index contributed by atoms with van der Waals surface area (Å²) in [6.45, 7) is 5.13. The van der Waals surface area contributed by atoms with Gasteiger partial charge in [0.25, 0.3) is 5.69 Å². The molecule has 2 aromatic rings. The molecule has 1 fully saturated rings. The largest absolute Gasteiger partial charge is 0.368 e. The Labute approximate surface area is 128 Å². The van der Waals surface area contributed by atoms with Gasteiger partial charge in [0.1, 0.15) is 0 Å². The van der Waals surface area contributed by atoms with E-state index in [2.05, 4.69) is 19.8 Å². The highest BCUT2D eigenvalue weighted by molar-refractivity contribution is 5.56. The van der Waals surface area contributed by atoms with Gasteiger partial charge in [0.05, 0.1) is 4.92 Å². The maximum absolute atomic E-state index is 10.9. The molecule has 0 amide bonds. The van der Waals surface area contributed by atoms with Gasteiger partial charge in [0.2, 0.25) is 5.95 Å². The number of hydrogen-bond donors (Lipinski definition) is 0. The van der Waals surface area contributed by atoms with Crippen molar-refractivity contribution in [1.82, 2.24) is 9.97 Å². The molecule has 114 valence electrons. The van der Waals surface area contributed by atoms with Gasteiger partial charge in [-0.15, -0.1) is 0 Å². The van der Waals surface area contributed by atoms with E-state index in [1.807, 2.05) is 12.1 Å². The van der Waals surface area contributed by atoms with Crippen LogP contribution in [0.4, 0.5) is 17.3 Å². The molecule has 22 heavy (non-hydrogen) atoms. The van der Waals surface area contributed by atoms with Crippen molar-refractivity contribution in [2.45, 2.75) is 6.92 Å². The summed E-state index contributed by atoms with van der Waals surface area (Å²) in [5.41, 5.74) is 1.88. The van der Waals surface area contributed by atoms with Crippen LogP contribution in [0.25, 0.3) is 0 Å². The van der Waals surface area contributed by atoms with Crippen molar-refractivity contribution in [3.63, 3.8) is 0 Å². The predicted molar refractivity (Wildman–Crippen MR) is 84.3 cm³/mol. The zero-order valence-electron chi connectivity index (χ0n) is 12.3. The molecule has 0 saturated carbocycles. The normalized spacial score (nSPS) is 15.0. The zero-order chi connectivity index (χ0) is 15.5. The summed E-state index contributed by atoms with van der Waals surface area (Å²) in [6, 6.07) is 7.09. The van der Waals surface area contributed by atoms with Crippen LogP contribution in [0.2, 0.25) is 0 Å². The first-order valence-corrected chi connectivity index (χ1v) is 7.17. The standard InChI is InChI=1S/C15H17N5O2/c1-12-11-13(3-4-14(12)20(21)22)18-7-9-19(10-8-18)15-16-5-2-6-17-15/h2-6,11H,7-10H2,1H3. The van der Waals surface area contributed by atoms with E-state index in [-0.39, 0.29) is 10.6 Å². The van der Waals surface area contributed by atoms with E-state index in [1.165, 1.54) is 0 Å². The maximum atomic E-state index is 10.9. The Balaban J connectivity index is 1.69. The smallest absolute Gasteiger partial charge is 0.272 e. The van der Waals surface area contributed by atoms with Gasteiger partial charge in [-0.05, 0) is 25.1 Å². The van der Waals surface area contributed by atoms with Crippen LogP contribution in [0.1, 0.15) is 5.56 Å². The molecule has 0 aliphatic carbocycles. The first-order valence-electron chi connectivity index (χ1n) is 7.17. The van der Waals surface area contributed by atoms with Crippen LogP contribution >= 0.6 is 0 Å². The number of rotatable bonds is 3. The quantitative estimate of drug-likeness (QED) is 0.637. The summed E-state index contributed by atoms with van der Waals surface area (Å²) in [6.07, 6.45) is 3.49. The van der Waals surface area contributed by atoms with E-state index >= 15 is 0 Å². The monoisotopic (exact) mass is 299 g/mol. The number of nitrogens with zero attached hydrogens (tertiary/aromatic N) is 5. The molecule has 0 bridgehead atoms. The highest BCUT2D eigenvalue weighted by Crippen LogP contribution is 2.25. The van der Waals surface area contributed by atoms with E-state index in [4.69, 9.17) is 0 Å². The molecule has 1 saturated heterocycles. The lowest BCUT2D eigenvalue weighted by atomic mass is 10.1. The average Bonchev–Trinajstić information content (AvgIpc) is 2.55. The Morgan fingerprint density at radius 2 is 1.73 bits per heavy atom. The molecule has 0 N–H and O–H groups in total. The SMILES string of the molecule is Cc1cc(N2CCN(c3ncccn3)CC2)ccc1[N+](=O)[O-]. The Hall–Kier alpha value is -2.70. The number of nitro benzene ring substituents is 1. The number of benzene rings is 1. The fourth-order valence-electron chi connectivity index (χ4n) is 2.66. The van der Waals surface area contributed by atoms with Crippen molar-refractivity contribution < 1.29 is 4.92 Å². The summed E-state index contributed by atoms with van der Waals surface area (Å²) in [5, 5.41) is 10.9. The molecule has 1 aliphatic heterocycles. The Morgan fingerprint density at radius 1 is 1.09 bits per heavy atom. The van der Waals surface area contributed by atoms with E-state index in [9.17, 15) is 10.1 Å². The van der Waals surface area contributed by atoms with Crippen LogP contribution in [0.5, 0.6) is 0 Å². The minimum Gasteiger partial charge on any atom is -0.368 e. The maximum Gasteiger partial charge on any atom is 0.272 e. The first-order chi connectivity index (χ1) is 10.6. The van der Waals surface area contributed by atoms with Gasteiger partial charge >= 0.3 is 0 Å². The van der Waals surface area contributed by atoms with Gasteiger partial charge in [-0.2, -0.15) is 0 Å². The highest BCUT2D eigenvalue weighted by Gasteiger charge is 2.20. The minimum atomic E-state index is -0.343. The molecule has 0 radical (unpaired) electrons. The van der Waals surface area contributed by atoms with E-state index < -0.39 is 0 Å². The second-order valence-electron chi connectivity index (χ2n) is 5.25. The number of piperazine rings is 1. The van der Waals surface area contributed by atoms with Crippen LogP contribution in [0.3, 0.4) is 0 Å². The lowest BCUT2D eigenvalue weighted by Crippen LogP contribution is -2.47. The average molecular weight is 299 g/mol. The van der Waals surface area contributed by atoms with Crippen LogP contribution in [0, 0.1) is 17.0 Å². The summed E-state index contributed by atoms with van der Waals surface area (Å²) in [4.78, 5) is 23.5. The molecule has 7 nitrogen and oxygen atoms in total. The van der Waals surface area contributed by atoms with Gasteiger partial charge in [-0.3, -0.25) is 10.1 Å². The molecule has 2 heterocycles. The molecule has 0 spiro atoms. The number of anilines is 2. The summed E-state index contributed by atoms with van der Waals surface area (Å²) >= 11 is 0. The number of hydrogen-bond acceptors (Lipinski definition) is 6. The number of aryl methyl sites for hydroxylation is 1. The van der Waals surface area contributed by atoms with Crippen molar-refractivity contribution in [3.8, 4) is 0 Å². The zero-order valence-corrected chi connectivity index (χ0v) is 12.3. The molecule has 1 aliphatic rings. The van der Waals surface area contributed by atoms with E-state index in [0.29, 0.717) is 5.56 Å². The van der Waals surface area contributed by atoms with Crippen LogP contribution in [-0.2, 0) is 0 Å². The van der Waals surface area contributed by atoms with Crippen LogP contribution < -0.4 is 9.80 Å². The third-order valence-corrected chi connectivity index (χ3v) is 3.86. The van der Waals surface area contributed by atoms with Crippen molar-refractivity contribution >= 4 is 17.3 Å². The molecule has 3 rings (SSSR count). The van der Waals surface area contributed by atoms with Gasteiger partial charge < -0.3 is 9.80 Å². The van der Waals surface area contributed by atoms with Crippen molar-refractivity contribution in [2.75, 3.05) is 36.0 Å². The fraction of sp³-hybridized carbons (Fsp3) is 0.333. The molecule has 0 unspecified atom stereocenters. The van der Waals surface area contributed by atoms with Crippen molar-refractivity contribution in [2.24, 2.45) is 0 Å². The number of nitro groups is 1. The Bertz CT molecular complexity index is 669. The van der Waals surface area contributed by atoms with Gasteiger partial charge in [0.15, 0.2) is 0 Å². The highest BCUT2D eigenvalue weighted by atomic mass is 16.6. The van der Waals surface area contributed by atoms with Gasteiger partial charge in [-0.25, -0.2) is 9.97 Å².